The molecule has 1 atom stereocenters. The Morgan fingerprint density at radius 1 is 1.26 bits per heavy atom. The van der Waals surface area contributed by atoms with Crippen LogP contribution in [-0.4, -0.2) is 41.1 Å². The van der Waals surface area contributed by atoms with Crippen molar-refractivity contribution < 1.29 is 23.1 Å². The Morgan fingerprint density at radius 3 is 2.93 bits per heavy atom. The topological polar surface area (TPSA) is 99.6 Å². The van der Waals surface area contributed by atoms with Crippen molar-refractivity contribution in [1.29, 1.82) is 0 Å². The minimum atomic E-state index is -0.229. The van der Waals surface area contributed by atoms with Crippen LogP contribution in [0, 0.1) is 6.92 Å². The third-order valence-electron chi connectivity index (χ3n) is 3.92. The van der Waals surface area contributed by atoms with Crippen LogP contribution in [0.4, 0.5) is 0 Å². The van der Waals surface area contributed by atoms with E-state index in [1.165, 1.54) is 11.8 Å². The fraction of sp³-hybridized carbons (Fsp3) is 0.278. The third-order valence-corrected chi connectivity index (χ3v) is 4.74. The van der Waals surface area contributed by atoms with Crippen LogP contribution in [0.5, 0.6) is 11.5 Å². The minimum absolute atomic E-state index is 0.151. The van der Waals surface area contributed by atoms with Gasteiger partial charge in [0.05, 0.1) is 24.1 Å². The zero-order chi connectivity index (χ0) is 18.6. The van der Waals surface area contributed by atoms with Crippen molar-refractivity contribution in [3.63, 3.8) is 0 Å². The van der Waals surface area contributed by atoms with Crippen molar-refractivity contribution in [3.8, 4) is 23.0 Å². The molecule has 9 heteroatoms. The monoisotopic (exact) mass is 387 g/mol. The normalized spacial score (nSPS) is 15.5. The lowest BCUT2D eigenvalue weighted by Gasteiger charge is -2.26. The van der Waals surface area contributed by atoms with Crippen LogP contribution in [0.1, 0.15) is 5.76 Å². The molecule has 0 saturated carbocycles. The van der Waals surface area contributed by atoms with Gasteiger partial charge in [0, 0.05) is 0 Å². The van der Waals surface area contributed by atoms with Gasteiger partial charge in [0.15, 0.2) is 11.5 Å². The van der Waals surface area contributed by atoms with Crippen molar-refractivity contribution >= 4 is 17.7 Å². The summed E-state index contributed by atoms with van der Waals surface area (Å²) in [5, 5.41) is 11.1. The van der Waals surface area contributed by atoms with Crippen molar-refractivity contribution in [2.75, 3.05) is 18.9 Å². The second-order valence-corrected chi connectivity index (χ2v) is 6.78. The molecule has 140 valence electrons. The first-order valence-electron chi connectivity index (χ1n) is 8.35. The van der Waals surface area contributed by atoms with Gasteiger partial charge in [-0.05, 0) is 25.1 Å². The molecule has 1 aromatic carbocycles. The largest absolute Gasteiger partial charge is 0.486 e. The molecule has 0 unspecified atom stereocenters. The molecular formula is C18H17N3O5S. The summed E-state index contributed by atoms with van der Waals surface area (Å²) in [6.07, 6.45) is 1.33. The van der Waals surface area contributed by atoms with Crippen LogP contribution in [0.3, 0.4) is 0 Å². The molecule has 0 fully saturated rings. The molecule has 1 aliphatic rings. The summed E-state index contributed by atoms with van der Waals surface area (Å²) >= 11 is 1.17. The smallest absolute Gasteiger partial charge is 0.277 e. The van der Waals surface area contributed by atoms with Crippen molar-refractivity contribution in [1.82, 2.24) is 15.5 Å². The summed E-state index contributed by atoms with van der Waals surface area (Å²) in [5.41, 5.74) is 0.744. The van der Waals surface area contributed by atoms with Crippen LogP contribution in [-0.2, 0) is 4.79 Å². The predicted molar refractivity (Wildman–Crippen MR) is 96.8 cm³/mol. The lowest BCUT2D eigenvalue weighted by Crippen LogP contribution is -2.41. The van der Waals surface area contributed by atoms with E-state index >= 15 is 0 Å². The Bertz CT molecular complexity index is 938. The lowest BCUT2D eigenvalue weighted by atomic mass is 10.2. The number of amides is 1. The van der Waals surface area contributed by atoms with E-state index in [-0.39, 0.29) is 17.8 Å². The molecule has 2 aromatic heterocycles. The highest BCUT2D eigenvalue weighted by molar-refractivity contribution is 7.99. The fourth-order valence-electron chi connectivity index (χ4n) is 2.55. The van der Waals surface area contributed by atoms with E-state index in [0.29, 0.717) is 35.8 Å². The maximum Gasteiger partial charge on any atom is 0.277 e. The van der Waals surface area contributed by atoms with Gasteiger partial charge >= 0.3 is 0 Å². The standard InChI is InChI=1S/C18H17N3O5S/c1-11-13(6-7-23-11)17-20-21-18(26-17)27-10-16(22)19-8-12-9-24-14-4-2-3-5-15(14)25-12/h2-7,12H,8-10H2,1H3,(H,19,22)/t12-/m1/s1. The third kappa shape index (κ3) is 4.08. The number of aromatic nitrogens is 2. The number of furan rings is 1. The van der Waals surface area contributed by atoms with E-state index < -0.39 is 0 Å². The maximum absolute atomic E-state index is 12.1. The first-order valence-corrected chi connectivity index (χ1v) is 9.33. The van der Waals surface area contributed by atoms with E-state index in [0.717, 1.165) is 11.3 Å². The summed E-state index contributed by atoms with van der Waals surface area (Å²) < 4.78 is 22.2. The number of hydrogen-bond donors (Lipinski definition) is 1. The van der Waals surface area contributed by atoms with Crippen LogP contribution in [0.15, 0.2) is 50.7 Å². The molecule has 0 saturated heterocycles. The van der Waals surface area contributed by atoms with Gasteiger partial charge in [0.1, 0.15) is 18.5 Å². The molecule has 1 amide bonds. The van der Waals surface area contributed by atoms with Gasteiger partial charge in [0.25, 0.3) is 11.1 Å². The number of thioether (sulfide) groups is 1. The van der Waals surface area contributed by atoms with Crippen molar-refractivity contribution in [2.45, 2.75) is 18.3 Å². The summed E-state index contributed by atoms with van der Waals surface area (Å²) in [7, 11) is 0. The van der Waals surface area contributed by atoms with Crippen LogP contribution in [0.25, 0.3) is 11.5 Å². The number of fused-ring (bicyclic) bond motifs is 1. The maximum atomic E-state index is 12.1. The number of para-hydroxylation sites is 2. The van der Waals surface area contributed by atoms with Gasteiger partial charge in [-0.3, -0.25) is 4.79 Å². The van der Waals surface area contributed by atoms with E-state index in [1.54, 1.807) is 12.3 Å². The molecule has 3 aromatic rings. The molecule has 0 spiro atoms. The van der Waals surface area contributed by atoms with Crippen LogP contribution < -0.4 is 14.8 Å². The Morgan fingerprint density at radius 2 is 2.11 bits per heavy atom. The van der Waals surface area contributed by atoms with Gasteiger partial charge in [-0.15, -0.1) is 10.2 Å². The number of ether oxygens (including phenoxy) is 2. The first kappa shape index (κ1) is 17.5. The molecule has 27 heavy (non-hydrogen) atoms. The molecule has 8 nitrogen and oxygen atoms in total. The number of nitrogens with zero attached hydrogens (tertiary/aromatic N) is 2. The zero-order valence-corrected chi connectivity index (χ0v) is 15.3. The Balaban J connectivity index is 1.24. The first-order chi connectivity index (χ1) is 13.2. The summed E-state index contributed by atoms with van der Waals surface area (Å²) in [5.74, 6) is 2.48. The van der Waals surface area contributed by atoms with Crippen LogP contribution in [0.2, 0.25) is 0 Å². The number of benzene rings is 1. The molecule has 1 N–H and O–H groups in total. The highest BCUT2D eigenvalue weighted by Gasteiger charge is 2.21. The van der Waals surface area contributed by atoms with E-state index in [4.69, 9.17) is 18.3 Å². The van der Waals surface area contributed by atoms with Gasteiger partial charge in [0.2, 0.25) is 5.91 Å². The van der Waals surface area contributed by atoms with Gasteiger partial charge < -0.3 is 23.6 Å². The molecule has 3 heterocycles. The number of hydrogen-bond acceptors (Lipinski definition) is 8. The SMILES string of the molecule is Cc1occc1-c1nnc(SCC(=O)NC[C@@H]2COc3ccccc3O2)o1. The van der Waals surface area contributed by atoms with Gasteiger partial charge in [-0.2, -0.15) is 0 Å². The van der Waals surface area contributed by atoms with Gasteiger partial charge in [-0.1, -0.05) is 23.9 Å². The number of nitrogens with one attached hydrogen (secondary N) is 1. The number of aryl methyl sites for hydroxylation is 1. The molecular weight excluding hydrogens is 370 g/mol. The van der Waals surface area contributed by atoms with Crippen molar-refractivity contribution in [2.24, 2.45) is 0 Å². The average Bonchev–Trinajstić information content (AvgIpc) is 3.33. The van der Waals surface area contributed by atoms with E-state index in [2.05, 4.69) is 15.5 Å². The molecule has 4 rings (SSSR count). The Hall–Kier alpha value is -2.94. The Labute approximate surface area is 159 Å². The van der Waals surface area contributed by atoms with Crippen LogP contribution >= 0.6 is 11.8 Å². The lowest BCUT2D eigenvalue weighted by molar-refractivity contribution is -0.119. The molecule has 0 aliphatic carbocycles. The second kappa shape index (κ2) is 7.75. The van der Waals surface area contributed by atoms with E-state index in [9.17, 15) is 4.79 Å². The highest BCUT2D eigenvalue weighted by Crippen LogP contribution is 2.30. The minimum Gasteiger partial charge on any atom is -0.486 e. The summed E-state index contributed by atoms with van der Waals surface area (Å²) in [4.78, 5) is 12.1. The number of rotatable bonds is 6. The predicted octanol–water partition coefficient (Wildman–Crippen LogP) is 2.69. The van der Waals surface area contributed by atoms with Crippen molar-refractivity contribution in [3.05, 3.63) is 42.4 Å². The van der Waals surface area contributed by atoms with Gasteiger partial charge in [-0.25, -0.2) is 0 Å². The summed E-state index contributed by atoms with van der Waals surface area (Å²) in [6.45, 7) is 2.56. The number of carbonyl (C=O) groups excluding carboxylic acids is 1. The summed E-state index contributed by atoms with van der Waals surface area (Å²) in [6, 6.07) is 9.22. The number of carbonyl (C=O) groups is 1. The zero-order valence-electron chi connectivity index (χ0n) is 14.5. The Kier molecular flexibility index (Phi) is 5.01. The highest BCUT2D eigenvalue weighted by atomic mass is 32.2. The molecule has 0 radical (unpaired) electrons. The van der Waals surface area contributed by atoms with E-state index in [1.807, 2.05) is 31.2 Å². The quantitative estimate of drug-likeness (QED) is 0.645. The average molecular weight is 387 g/mol. The fourth-order valence-corrected chi connectivity index (χ4v) is 3.15. The molecule has 0 bridgehead atoms. The molecule has 1 aliphatic heterocycles. The second-order valence-electron chi connectivity index (χ2n) is 5.85.